The van der Waals surface area contributed by atoms with Crippen molar-refractivity contribution in [2.45, 2.75) is 63.1 Å². The molecule has 1 atom stereocenters. The van der Waals surface area contributed by atoms with Crippen molar-refractivity contribution < 1.29 is 23.2 Å². The van der Waals surface area contributed by atoms with E-state index in [9.17, 15) is 9.00 Å². The van der Waals surface area contributed by atoms with E-state index in [1.54, 1.807) is 12.5 Å². The molecule has 1 amide bonds. The Morgan fingerprint density at radius 3 is 2.61 bits per heavy atom. The van der Waals surface area contributed by atoms with E-state index in [4.69, 9.17) is 14.2 Å². The van der Waals surface area contributed by atoms with Crippen LogP contribution in [0.25, 0.3) is 17.2 Å². The van der Waals surface area contributed by atoms with E-state index < -0.39 is 10.8 Å². The molecule has 1 N–H and O–H groups in total. The molecular formula is C39H46N4O5S. The maximum Gasteiger partial charge on any atom is 0.251 e. The van der Waals surface area contributed by atoms with Crippen molar-refractivity contribution in [1.82, 2.24) is 9.55 Å². The topological polar surface area (TPSA) is 94.9 Å². The Morgan fingerprint density at radius 1 is 0.980 bits per heavy atom. The number of carbonyl (C=O) groups is 1. The van der Waals surface area contributed by atoms with Crippen molar-refractivity contribution >= 4 is 34.2 Å². The van der Waals surface area contributed by atoms with Crippen LogP contribution < -0.4 is 19.7 Å². The fraction of sp³-hybridized carbons (Fsp3) is 0.385. The van der Waals surface area contributed by atoms with Gasteiger partial charge in [0.2, 0.25) is 0 Å². The van der Waals surface area contributed by atoms with Crippen LogP contribution in [-0.4, -0.2) is 59.2 Å². The molecule has 6 rings (SSSR count). The normalized spacial score (nSPS) is 14.6. The molecular weight excluding hydrogens is 637 g/mol. The van der Waals surface area contributed by atoms with Crippen LogP contribution in [0.4, 0.5) is 11.4 Å². The van der Waals surface area contributed by atoms with Gasteiger partial charge in [-0.15, -0.1) is 0 Å². The highest BCUT2D eigenvalue weighted by Gasteiger charge is 2.25. The Hall–Kier alpha value is -4.41. The quantitative estimate of drug-likeness (QED) is 0.130. The highest BCUT2D eigenvalue weighted by atomic mass is 32.2. The molecule has 2 aliphatic heterocycles. The first kappa shape index (κ1) is 34.5. The van der Waals surface area contributed by atoms with Gasteiger partial charge in [0.05, 0.1) is 47.4 Å². The Labute approximate surface area is 291 Å². The van der Waals surface area contributed by atoms with Gasteiger partial charge in [-0.2, -0.15) is 0 Å². The molecule has 9 nitrogen and oxygen atoms in total. The van der Waals surface area contributed by atoms with Crippen LogP contribution in [0.5, 0.6) is 11.5 Å². The van der Waals surface area contributed by atoms with Gasteiger partial charge in [-0.05, 0) is 91.4 Å². The molecule has 4 aromatic rings. The van der Waals surface area contributed by atoms with Crippen LogP contribution in [0.1, 0.15) is 57.2 Å². The number of rotatable bonds is 15. The number of nitrogens with zero attached hydrogens (tertiary/aromatic N) is 3. The number of aryl methyl sites for hydroxylation is 1. The van der Waals surface area contributed by atoms with Crippen LogP contribution in [0, 0.1) is 0 Å². The van der Waals surface area contributed by atoms with Crippen molar-refractivity contribution in [3.8, 4) is 22.6 Å². The Balaban J connectivity index is 1.16. The number of amides is 1. The summed E-state index contributed by atoms with van der Waals surface area (Å²) in [4.78, 5) is 21.0. The molecule has 2 aliphatic rings. The van der Waals surface area contributed by atoms with E-state index >= 15 is 0 Å². The predicted molar refractivity (Wildman–Crippen MR) is 196 cm³/mol. The zero-order valence-electron chi connectivity index (χ0n) is 28.5. The lowest BCUT2D eigenvalue weighted by atomic mass is 9.95. The zero-order valence-corrected chi connectivity index (χ0v) is 29.3. The van der Waals surface area contributed by atoms with Gasteiger partial charge >= 0.3 is 0 Å². The van der Waals surface area contributed by atoms with Gasteiger partial charge in [-0.1, -0.05) is 32.4 Å². The first-order valence-corrected chi connectivity index (χ1v) is 18.7. The molecule has 0 saturated heterocycles. The van der Waals surface area contributed by atoms with E-state index in [1.165, 1.54) is 0 Å². The largest absolute Gasteiger partial charge is 0.491 e. The molecule has 1 aromatic heterocycles. The second-order valence-electron chi connectivity index (χ2n) is 12.4. The average Bonchev–Trinajstić information content (AvgIpc) is 3.54. The number of hydrogen-bond acceptors (Lipinski definition) is 7. The average molecular weight is 683 g/mol. The Morgan fingerprint density at radius 2 is 1.82 bits per heavy atom. The highest BCUT2D eigenvalue weighted by molar-refractivity contribution is 7.84. The van der Waals surface area contributed by atoms with E-state index in [2.05, 4.69) is 53.3 Å². The van der Waals surface area contributed by atoms with Gasteiger partial charge in [0.25, 0.3) is 5.91 Å². The molecule has 10 heteroatoms. The van der Waals surface area contributed by atoms with Gasteiger partial charge in [0.15, 0.2) is 0 Å². The van der Waals surface area contributed by atoms with Gasteiger partial charge in [-0.3, -0.25) is 9.00 Å². The second kappa shape index (κ2) is 16.8. The van der Waals surface area contributed by atoms with Crippen molar-refractivity contribution in [3.05, 3.63) is 90.0 Å². The van der Waals surface area contributed by atoms with Crippen LogP contribution in [0.2, 0.25) is 0 Å². The summed E-state index contributed by atoms with van der Waals surface area (Å²) < 4.78 is 32.8. The zero-order chi connectivity index (χ0) is 34.0. The molecule has 0 saturated carbocycles. The summed E-state index contributed by atoms with van der Waals surface area (Å²) in [6.07, 6.45) is 10.3. The maximum absolute atomic E-state index is 13.7. The number of ether oxygens (including phenoxy) is 3. The van der Waals surface area contributed by atoms with Gasteiger partial charge in [0.1, 0.15) is 24.7 Å². The van der Waals surface area contributed by atoms with E-state index in [-0.39, 0.29) is 5.91 Å². The van der Waals surface area contributed by atoms with Crippen molar-refractivity contribution in [3.63, 3.8) is 0 Å². The van der Waals surface area contributed by atoms with E-state index in [0.717, 1.165) is 91.5 Å². The minimum absolute atomic E-state index is 0.137. The summed E-state index contributed by atoms with van der Waals surface area (Å²) in [6, 6.07) is 19.6. The van der Waals surface area contributed by atoms with Crippen molar-refractivity contribution in [2.24, 2.45) is 0 Å². The number of aromatic nitrogens is 2. The van der Waals surface area contributed by atoms with Gasteiger partial charge in [0, 0.05) is 47.6 Å². The molecule has 0 spiro atoms. The number of imidazole rings is 1. The molecule has 0 aliphatic carbocycles. The number of nitrogens with one attached hydrogen (secondary N) is 1. The molecule has 49 heavy (non-hydrogen) atoms. The third-order valence-electron chi connectivity index (χ3n) is 8.78. The van der Waals surface area contributed by atoms with Crippen molar-refractivity contribution in [1.29, 1.82) is 0 Å². The SMILES string of the molecule is CCCCOCCOc1ccc(-c2cc3c4c(c2)OCCN4CCCC(C(=O)Nc2ccc(S(=O)Cc4cncn4CCC)cc2)=C3)cc1. The second-order valence-corrected chi connectivity index (χ2v) is 13.9. The minimum atomic E-state index is -1.22. The lowest BCUT2D eigenvalue weighted by Crippen LogP contribution is -2.35. The van der Waals surface area contributed by atoms with Crippen LogP contribution in [-0.2, 0) is 32.6 Å². The number of unbranched alkanes of at least 4 members (excludes halogenated alkanes) is 1. The standard InChI is InChI=1S/C39H46N4O5S/c1-3-5-19-46-21-22-47-35-12-8-29(9-13-35)31-24-32-23-30(7-6-17-42-18-20-48-37(25-31)38(32)42)39(44)41-33-10-14-36(15-11-33)49(45)27-34-26-40-28-43(34)16-4-2/h8-15,23-26,28H,3-7,16-22,27H2,1-2H3,(H,41,44). The Kier molecular flexibility index (Phi) is 11.8. The summed E-state index contributed by atoms with van der Waals surface area (Å²) in [5, 5.41) is 3.08. The highest BCUT2D eigenvalue weighted by Crippen LogP contribution is 2.42. The summed E-state index contributed by atoms with van der Waals surface area (Å²) >= 11 is 0. The number of anilines is 2. The molecule has 3 aromatic carbocycles. The number of benzene rings is 3. The maximum atomic E-state index is 13.7. The molecule has 0 bridgehead atoms. The third-order valence-corrected chi connectivity index (χ3v) is 10.1. The van der Waals surface area contributed by atoms with Crippen LogP contribution >= 0.6 is 0 Å². The molecule has 0 fully saturated rings. The molecule has 1 unspecified atom stereocenters. The van der Waals surface area contributed by atoms with Gasteiger partial charge < -0.3 is 29.0 Å². The third kappa shape index (κ3) is 8.80. The molecule has 3 heterocycles. The summed E-state index contributed by atoms with van der Waals surface area (Å²) in [7, 11) is -1.22. The summed E-state index contributed by atoms with van der Waals surface area (Å²) in [5.74, 6) is 1.90. The lowest BCUT2D eigenvalue weighted by molar-refractivity contribution is -0.112. The summed E-state index contributed by atoms with van der Waals surface area (Å²) in [6.45, 7) is 9.26. The smallest absolute Gasteiger partial charge is 0.251 e. The van der Waals surface area contributed by atoms with E-state index in [0.29, 0.717) is 48.2 Å². The van der Waals surface area contributed by atoms with E-state index in [1.807, 2.05) is 47.0 Å². The monoisotopic (exact) mass is 682 g/mol. The Bertz CT molecular complexity index is 1770. The van der Waals surface area contributed by atoms with Crippen molar-refractivity contribution in [2.75, 3.05) is 49.7 Å². The van der Waals surface area contributed by atoms with Gasteiger partial charge in [-0.25, -0.2) is 4.98 Å². The fourth-order valence-electron chi connectivity index (χ4n) is 6.20. The predicted octanol–water partition coefficient (Wildman–Crippen LogP) is 7.48. The summed E-state index contributed by atoms with van der Waals surface area (Å²) in [5.41, 5.74) is 6.40. The first-order chi connectivity index (χ1) is 24.0. The fourth-order valence-corrected chi connectivity index (χ4v) is 7.31. The lowest BCUT2D eigenvalue weighted by Gasteiger charge is -2.34. The van der Waals surface area contributed by atoms with Crippen LogP contribution in [0.15, 0.2) is 83.7 Å². The number of carbonyl (C=O) groups excluding carboxylic acids is 1. The molecule has 0 radical (unpaired) electrons. The van der Waals surface area contributed by atoms with Crippen LogP contribution in [0.3, 0.4) is 0 Å². The number of hydrogen-bond donors (Lipinski definition) is 1. The molecule has 258 valence electrons. The first-order valence-electron chi connectivity index (χ1n) is 17.4. The minimum Gasteiger partial charge on any atom is -0.491 e.